The largest absolute Gasteiger partial charge is 0.491 e. The van der Waals surface area contributed by atoms with Crippen LogP contribution >= 0.6 is 0 Å². The zero-order valence-corrected chi connectivity index (χ0v) is 17.4. The molecule has 174 valence electrons. The highest BCUT2D eigenvalue weighted by atomic mass is 19.4. The number of halogens is 4. The third-order valence-corrected chi connectivity index (χ3v) is 6.87. The van der Waals surface area contributed by atoms with Crippen LogP contribution in [0.5, 0.6) is 5.75 Å². The molecule has 7 nitrogen and oxygen atoms in total. The molecule has 3 aliphatic rings. The van der Waals surface area contributed by atoms with Gasteiger partial charge in [0.15, 0.2) is 0 Å². The molecule has 11 heteroatoms. The van der Waals surface area contributed by atoms with Crippen LogP contribution in [0.15, 0.2) is 30.6 Å². The Hall–Kier alpha value is -2.92. The highest BCUT2D eigenvalue weighted by molar-refractivity contribution is 5.88. The van der Waals surface area contributed by atoms with Gasteiger partial charge in [-0.3, -0.25) is 4.90 Å². The number of ether oxygens (including phenoxy) is 2. The van der Waals surface area contributed by atoms with Crippen molar-refractivity contribution in [2.45, 2.75) is 18.3 Å². The molecule has 33 heavy (non-hydrogen) atoms. The van der Waals surface area contributed by atoms with E-state index in [0.717, 1.165) is 37.9 Å². The van der Waals surface area contributed by atoms with Gasteiger partial charge < -0.3 is 19.8 Å². The van der Waals surface area contributed by atoms with Crippen molar-refractivity contribution in [3.05, 3.63) is 47.7 Å². The highest BCUT2D eigenvalue weighted by Gasteiger charge is 2.44. The van der Waals surface area contributed by atoms with Gasteiger partial charge in [-0.15, -0.1) is 0 Å². The standard InChI is InChI=1S/C22H21F4N5O2/c23-13-1-2-14-17(3-13)33-9-16(31-5-11-7-32-8-12(11)6-31)19(14)30-21-15-4-18(22(24,25)26)29-20(15)27-10-28-21/h1-4,10-12,16,19H,5-9H2,(H2,27,28,29,30). The van der Waals surface area contributed by atoms with E-state index >= 15 is 0 Å². The van der Waals surface area contributed by atoms with Crippen LogP contribution in [0, 0.1) is 17.7 Å². The predicted molar refractivity (Wildman–Crippen MR) is 110 cm³/mol. The first-order valence-corrected chi connectivity index (χ1v) is 10.8. The molecule has 1 aromatic carbocycles. The van der Waals surface area contributed by atoms with Crippen LogP contribution in [-0.4, -0.2) is 58.8 Å². The molecule has 2 N–H and O–H groups in total. The van der Waals surface area contributed by atoms with Crippen molar-refractivity contribution in [3.8, 4) is 5.75 Å². The van der Waals surface area contributed by atoms with Crippen LogP contribution in [-0.2, 0) is 10.9 Å². The molecule has 4 atom stereocenters. The van der Waals surface area contributed by atoms with Crippen LogP contribution in [0.2, 0.25) is 0 Å². The second kappa shape index (κ2) is 7.56. The normalized spacial score (nSPS) is 27.4. The summed E-state index contributed by atoms with van der Waals surface area (Å²) in [6.07, 6.45) is -3.31. The van der Waals surface area contributed by atoms with Crippen LogP contribution in [0.25, 0.3) is 11.0 Å². The number of anilines is 1. The summed E-state index contributed by atoms with van der Waals surface area (Å²) in [6, 6.07) is 4.89. The lowest BCUT2D eigenvalue weighted by atomic mass is 9.94. The Bertz CT molecular complexity index is 1190. The van der Waals surface area contributed by atoms with E-state index in [9.17, 15) is 17.6 Å². The van der Waals surface area contributed by atoms with Gasteiger partial charge in [-0.1, -0.05) is 6.07 Å². The van der Waals surface area contributed by atoms with Gasteiger partial charge in [0.25, 0.3) is 0 Å². The minimum absolute atomic E-state index is 0.0932. The summed E-state index contributed by atoms with van der Waals surface area (Å²) in [5.74, 6) is 1.18. The van der Waals surface area contributed by atoms with E-state index in [1.165, 1.54) is 18.5 Å². The molecule has 5 heterocycles. The van der Waals surface area contributed by atoms with Gasteiger partial charge in [-0.25, -0.2) is 14.4 Å². The van der Waals surface area contributed by atoms with Gasteiger partial charge in [0.2, 0.25) is 0 Å². The molecule has 3 aromatic rings. The summed E-state index contributed by atoms with van der Waals surface area (Å²) in [7, 11) is 0. The number of alkyl halides is 3. The first-order chi connectivity index (χ1) is 15.9. The minimum Gasteiger partial charge on any atom is -0.491 e. The number of aromatic nitrogens is 3. The topological polar surface area (TPSA) is 75.3 Å². The van der Waals surface area contributed by atoms with Crippen molar-refractivity contribution in [3.63, 3.8) is 0 Å². The number of fused-ring (bicyclic) bond motifs is 3. The molecule has 0 amide bonds. The Labute approximate surface area is 186 Å². The SMILES string of the molecule is Fc1ccc2c(c1)OCC(N1CC3COCC3C1)C2Nc1ncnc2[nH]c(C(F)(F)F)cc12. The summed E-state index contributed by atoms with van der Waals surface area (Å²) < 4.78 is 65.2. The number of H-pyrrole nitrogens is 1. The Kier molecular flexibility index (Phi) is 4.73. The molecule has 0 bridgehead atoms. The number of rotatable bonds is 3. The van der Waals surface area contributed by atoms with Gasteiger partial charge in [0, 0.05) is 36.6 Å². The van der Waals surface area contributed by atoms with Gasteiger partial charge in [-0.2, -0.15) is 13.2 Å². The Morgan fingerprint density at radius 3 is 2.61 bits per heavy atom. The number of hydrogen-bond acceptors (Lipinski definition) is 6. The van der Waals surface area contributed by atoms with E-state index < -0.39 is 17.7 Å². The number of benzene rings is 1. The number of nitrogens with one attached hydrogen (secondary N) is 2. The maximum absolute atomic E-state index is 13.9. The van der Waals surface area contributed by atoms with Gasteiger partial charge >= 0.3 is 6.18 Å². The van der Waals surface area contributed by atoms with Crippen molar-refractivity contribution in [2.75, 3.05) is 38.2 Å². The van der Waals surface area contributed by atoms with Crippen LogP contribution in [0.3, 0.4) is 0 Å². The van der Waals surface area contributed by atoms with Crippen LogP contribution < -0.4 is 10.1 Å². The van der Waals surface area contributed by atoms with E-state index in [2.05, 4.69) is 25.2 Å². The molecular formula is C22H21F4N5O2. The lowest BCUT2D eigenvalue weighted by Crippen LogP contribution is -2.48. The van der Waals surface area contributed by atoms with Crippen LogP contribution in [0.4, 0.5) is 23.4 Å². The molecule has 0 aliphatic carbocycles. The summed E-state index contributed by atoms with van der Waals surface area (Å²) in [4.78, 5) is 12.8. The summed E-state index contributed by atoms with van der Waals surface area (Å²) in [5, 5.41) is 3.58. The van der Waals surface area contributed by atoms with Crippen molar-refractivity contribution < 1.29 is 27.0 Å². The Balaban J connectivity index is 1.38. The number of nitrogens with zero attached hydrogens (tertiary/aromatic N) is 3. The van der Waals surface area contributed by atoms with Crippen molar-refractivity contribution in [1.29, 1.82) is 0 Å². The molecule has 0 spiro atoms. The van der Waals surface area contributed by atoms with Gasteiger partial charge in [0.05, 0.1) is 30.7 Å². The minimum atomic E-state index is -4.53. The number of hydrogen-bond donors (Lipinski definition) is 2. The monoisotopic (exact) mass is 463 g/mol. The fourth-order valence-corrected chi connectivity index (χ4v) is 5.21. The van der Waals surface area contributed by atoms with E-state index in [1.807, 2.05) is 0 Å². The molecule has 2 fully saturated rings. The number of aromatic amines is 1. The third kappa shape index (κ3) is 3.59. The van der Waals surface area contributed by atoms with E-state index in [4.69, 9.17) is 9.47 Å². The number of likely N-dealkylation sites (tertiary alicyclic amines) is 1. The van der Waals surface area contributed by atoms with Gasteiger partial charge in [-0.05, 0) is 12.1 Å². The third-order valence-electron chi connectivity index (χ3n) is 6.87. The smallest absolute Gasteiger partial charge is 0.431 e. The molecule has 3 aliphatic heterocycles. The predicted octanol–water partition coefficient (Wildman–Crippen LogP) is 3.61. The molecule has 4 unspecified atom stereocenters. The zero-order valence-electron chi connectivity index (χ0n) is 17.4. The first-order valence-electron chi connectivity index (χ1n) is 10.8. The van der Waals surface area contributed by atoms with E-state index in [0.29, 0.717) is 24.2 Å². The average molecular weight is 463 g/mol. The zero-order chi connectivity index (χ0) is 22.7. The Morgan fingerprint density at radius 2 is 1.85 bits per heavy atom. The van der Waals surface area contributed by atoms with Crippen LogP contribution in [0.1, 0.15) is 17.3 Å². The maximum Gasteiger partial charge on any atom is 0.431 e. The van der Waals surface area contributed by atoms with Crippen molar-refractivity contribution in [2.24, 2.45) is 11.8 Å². The molecule has 2 saturated heterocycles. The fourth-order valence-electron chi connectivity index (χ4n) is 5.21. The second-order valence-electron chi connectivity index (χ2n) is 8.86. The average Bonchev–Trinajstić information content (AvgIpc) is 3.48. The fraction of sp³-hybridized carbons (Fsp3) is 0.455. The van der Waals surface area contributed by atoms with E-state index in [-0.39, 0.29) is 28.9 Å². The van der Waals surface area contributed by atoms with E-state index in [1.54, 1.807) is 6.07 Å². The quantitative estimate of drug-likeness (QED) is 0.579. The van der Waals surface area contributed by atoms with Crippen molar-refractivity contribution >= 4 is 16.9 Å². The summed E-state index contributed by atoms with van der Waals surface area (Å²) >= 11 is 0. The molecular weight excluding hydrogens is 442 g/mol. The summed E-state index contributed by atoms with van der Waals surface area (Å²) in [5.41, 5.74) is -0.0608. The summed E-state index contributed by atoms with van der Waals surface area (Å²) in [6.45, 7) is 3.46. The molecule has 6 rings (SSSR count). The maximum atomic E-state index is 13.9. The lowest BCUT2D eigenvalue weighted by Gasteiger charge is -2.40. The Morgan fingerprint density at radius 1 is 1.06 bits per heavy atom. The highest BCUT2D eigenvalue weighted by Crippen LogP contribution is 2.41. The molecule has 0 saturated carbocycles. The second-order valence-corrected chi connectivity index (χ2v) is 8.86. The molecule has 2 aromatic heterocycles. The lowest BCUT2D eigenvalue weighted by molar-refractivity contribution is -0.140. The van der Waals surface area contributed by atoms with Crippen molar-refractivity contribution in [1.82, 2.24) is 19.9 Å². The first kappa shape index (κ1) is 20.7. The van der Waals surface area contributed by atoms with Gasteiger partial charge in [0.1, 0.15) is 41.7 Å². The molecule has 0 radical (unpaired) electrons.